The van der Waals surface area contributed by atoms with Gasteiger partial charge in [0.2, 0.25) is 0 Å². The van der Waals surface area contributed by atoms with E-state index in [0.717, 1.165) is 51.9 Å². The average Bonchev–Trinajstić information content (AvgIpc) is 2.41. The van der Waals surface area contributed by atoms with Crippen molar-refractivity contribution in [2.75, 3.05) is 26.2 Å². The molecule has 2 unspecified atom stereocenters. The van der Waals surface area contributed by atoms with Crippen LogP contribution in [0, 0.1) is 0 Å². The van der Waals surface area contributed by atoms with Gasteiger partial charge in [-0.15, -0.1) is 0 Å². The Balaban J connectivity index is 3.10. The first-order valence-electron chi connectivity index (χ1n) is 8.48. The Labute approximate surface area is 125 Å². The van der Waals surface area contributed by atoms with Crippen molar-refractivity contribution in [3.05, 3.63) is 0 Å². The van der Waals surface area contributed by atoms with E-state index in [0.29, 0.717) is 0 Å². The van der Waals surface area contributed by atoms with Gasteiger partial charge in [0, 0.05) is 13.1 Å². The van der Waals surface area contributed by atoms with E-state index < -0.39 is 0 Å². The normalized spacial score (nSPS) is 14.4. The van der Waals surface area contributed by atoms with Crippen LogP contribution >= 0.6 is 0 Å². The minimum Gasteiger partial charge on any atom is -0.392 e. The number of rotatable bonds is 15. The monoisotopic (exact) mass is 288 g/mol. The molecule has 4 heteroatoms. The second-order valence-corrected chi connectivity index (χ2v) is 5.71. The van der Waals surface area contributed by atoms with Gasteiger partial charge in [0.1, 0.15) is 0 Å². The first-order valence-corrected chi connectivity index (χ1v) is 8.48. The van der Waals surface area contributed by atoms with Crippen LogP contribution in [0.2, 0.25) is 0 Å². The first kappa shape index (κ1) is 19.8. The van der Waals surface area contributed by atoms with E-state index >= 15 is 0 Å². The van der Waals surface area contributed by atoms with E-state index in [9.17, 15) is 10.2 Å². The molecule has 20 heavy (non-hydrogen) atoms. The zero-order chi connectivity index (χ0) is 15.1. The summed E-state index contributed by atoms with van der Waals surface area (Å²) < 4.78 is 0. The Morgan fingerprint density at radius 1 is 0.700 bits per heavy atom. The molecule has 2 atom stereocenters. The van der Waals surface area contributed by atoms with E-state index in [-0.39, 0.29) is 12.2 Å². The molecule has 0 aliphatic rings. The van der Waals surface area contributed by atoms with Crippen molar-refractivity contribution >= 4 is 0 Å². The second kappa shape index (κ2) is 15.2. The molecule has 4 nitrogen and oxygen atoms in total. The fourth-order valence-corrected chi connectivity index (χ4v) is 2.26. The lowest BCUT2D eigenvalue weighted by atomic mass is 10.1. The van der Waals surface area contributed by atoms with Crippen molar-refractivity contribution in [3.63, 3.8) is 0 Å². The van der Waals surface area contributed by atoms with Gasteiger partial charge in [0.25, 0.3) is 0 Å². The van der Waals surface area contributed by atoms with Gasteiger partial charge in [-0.1, -0.05) is 39.5 Å². The third-order valence-corrected chi connectivity index (χ3v) is 3.46. The maximum absolute atomic E-state index is 9.54. The summed E-state index contributed by atoms with van der Waals surface area (Å²) in [6, 6.07) is 0. The summed E-state index contributed by atoms with van der Waals surface area (Å²) >= 11 is 0. The van der Waals surface area contributed by atoms with Crippen LogP contribution in [0.25, 0.3) is 0 Å². The number of nitrogens with one attached hydrogen (secondary N) is 2. The van der Waals surface area contributed by atoms with E-state index in [1.807, 2.05) is 0 Å². The molecule has 0 rings (SSSR count). The molecule has 0 aromatic carbocycles. The number of aliphatic hydroxyl groups excluding tert-OH is 2. The molecule has 0 bridgehead atoms. The van der Waals surface area contributed by atoms with Crippen LogP contribution < -0.4 is 10.6 Å². The van der Waals surface area contributed by atoms with Crippen molar-refractivity contribution in [2.24, 2.45) is 0 Å². The van der Waals surface area contributed by atoms with E-state index in [4.69, 9.17) is 0 Å². The van der Waals surface area contributed by atoms with Crippen LogP contribution in [0.1, 0.15) is 65.2 Å². The highest BCUT2D eigenvalue weighted by Gasteiger charge is 2.01. The van der Waals surface area contributed by atoms with Crippen LogP contribution in [-0.2, 0) is 0 Å². The Bertz CT molecular complexity index is 171. The average molecular weight is 288 g/mol. The molecular formula is C16H36N2O2. The summed E-state index contributed by atoms with van der Waals surface area (Å²) in [6.45, 7) is 7.65. The standard InChI is InChI=1S/C16H36N2O2/c1-3-9-15(19)13-17-11-7-5-6-8-12-18-14-16(20)10-4-2/h15-20H,3-14H2,1-2H3. The highest BCUT2D eigenvalue weighted by Crippen LogP contribution is 1.99. The van der Waals surface area contributed by atoms with Gasteiger partial charge < -0.3 is 20.8 Å². The Morgan fingerprint density at radius 3 is 1.45 bits per heavy atom. The van der Waals surface area contributed by atoms with Crippen molar-refractivity contribution in [1.82, 2.24) is 10.6 Å². The molecule has 0 spiro atoms. The summed E-state index contributed by atoms with van der Waals surface area (Å²) in [6.07, 6.45) is 8.33. The van der Waals surface area contributed by atoms with Crippen LogP contribution in [0.4, 0.5) is 0 Å². The molecule has 0 fully saturated rings. The number of hydrogen-bond acceptors (Lipinski definition) is 4. The van der Waals surface area contributed by atoms with Crippen LogP contribution in [0.5, 0.6) is 0 Å². The van der Waals surface area contributed by atoms with Crippen molar-refractivity contribution in [3.8, 4) is 0 Å². The number of aliphatic hydroxyl groups is 2. The van der Waals surface area contributed by atoms with E-state index in [1.165, 1.54) is 25.7 Å². The lowest BCUT2D eigenvalue weighted by Crippen LogP contribution is -2.27. The minimum absolute atomic E-state index is 0.182. The van der Waals surface area contributed by atoms with Crippen molar-refractivity contribution in [1.29, 1.82) is 0 Å². The molecule has 0 aliphatic carbocycles. The number of hydrogen-bond donors (Lipinski definition) is 4. The highest BCUT2D eigenvalue weighted by molar-refractivity contribution is 4.60. The van der Waals surface area contributed by atoms with Gasteiger partial charge in [-0.2, -0.15) is 0 Å². The van der Waals surface area contributed by atoms with Gasteiger partial charge in [0.15, 0.2) is 0 Å². The molecule has 122 valence electrons. The maximum Gasteiger partial charge on any atom is 0.0664 e. The van der Waals surface area contributed by atoms with E-state index in [2.05, 4.69) is 24.5 Å². The fourth-order valence-electron chi connectivity index (χ4n) is 2.26. The van der Waals surface area contributed by atoms with Crippen molar-refractivity contribution < 1.29 is 10.2 Å². The van der Waals surface area contributed by atoms with Crippen LogP contribution in [-0.4, -0.2) is 48.6 Å². The minimum atomic E-state index is -0.182. The maximum atomic E-state index is 9.54. The summed E-state index contributed by atoms with van der Waals surface area (Å²) in [7, 11) is 0. The molecule has 0 saturated carbocycles. The molecule has 4 N–H and O–H groups in total. The topological polar surface area (TPSA) is 64.5 Å². The summed E-state index contributed by atoms with van der Waals surface area (Å²) in [4.78, 5) is 0. The predicted octanol–water partition coefficient (Wildman–Crippen LogP) is 2.05. The molecule has 0 amide bonds. The highest BCUT2D eigenvalue weighted by atomic mass is 16.3. The number of unbranched alkanes of at least 4 members (excludes halogenated alkanes) is 3. The molecular weight excluding hydrogens is 252 g/mol. The molecule has 0 radical (unpaired) electrons. The zero-order valence-corrected chi connectivity index (χ0v) is 13.5. The van der Waals surface area contributed by atoms with Gasteiger partial charge in [-0.05, 0) is 38.8 Å². The summed E-state index contributed by atoms with van der Waals surface area (Å²) in [5.41, 5.74) is 0. The van der Waals surface area contributed by atoms with Gasteiger partial charge in [-0.25, -0.2) is 0 Å². The molecule has 0 aliphatic heterocycles. The SMILES string of the molecule is CCCC(O)CNCCCCCCNCC(O)CCC. The Kier molecular flexibility index (Phi) is 15.1. The first-order chi connectivity index (χ1) is 9.70. The Hall–Kier alpha value is -0.160. The Morgan fingerprint density at radius 2 is 1.10 bits per heavy atom. The molecule has 0 aromatic heterocycles. The van der Waals surface area contributed by atoms with Crippen LogP contribution in [0.15, 0.2) is 0 Å². The lowest BCUT2D eigenvalue weighted by Gasteiger charge is -2.11. The molecule has 0 aromatic rings. The fraction of sp³-hybridized carbons (Fsp3) is 1.00. The summed E-state index contributed by atoms with van der Waals surface area (Å²) in [5.74, 6) is 0. The largest absolute Gasteiger partial charge is 0.392 e. The smallest absolute Gasteiger partial charge is 0.0664 e. The van der Waals surface area contributed by atoms with E-state index in [1.54, 1.807) is 0 Å². The van der Waals surface area contributed by atoms with Crippen LogP contribution in [0.3, 0.4) is 0 Å². The second-order valence-electron chi connectivity index (χ2n) is 5.71. The van der Waals surface area contributed by atoms with Gasteiger partial charge in [0.05, 0.1) is 12.2 Å². The molecule has 0 heterocycles. The lowest BCUT2D eigenvalue weighted by molar-refractivity contribution is 0.160. The zero-order valence-electron chi connectivity index (χ0n) is 13.5. The summed E-state index contributed by atoms with van der Waals surface area (Å²) in [5, 5.41) is 25.7. The predicted molar refractivity (Wildman–Crippen MR) is 86.0 cm³/mol. The van der Waals surface area contributed by atoms with Gasteiger partial charge >= 0.3 is 0 Å². The van der Waals surface area contributed by atoms with Gasteiger partial charge in [-0.3, -0.25) is 0 Å². The molecule has 0 saturated heterocycles. The third kappa shape index (κ3) is 14.3. The van der Waals surface area contributed by atoms with Crippen molar-refractivity contribution in [2.45, 2.75) is 77.4 Å². The quantitative estimate of drug-likeness (QED) is 0.348. The third-order valence-electron chi connectivity index (χ3n) is 3.46.